The Hall–Kier alpha value is -3.14. The number of carbonyl (C=O) groups is 3. The maximum atomic E-state index is 13.5. The number of amides is 3. The van der Waals surface area contributed by atoms with Crippen molar-refractivity contribution in [3.63, 3.8) is 0 Å². The van der Waals surface area contributed by atoms with Gasteiger partial charge in [0.15, 0.2) is 0 Å². The van der Waals surface area contributed by atoms with Crippen LogP contribution in [0.3, 0.4) is 0 Å². The molecule has 1 unspecified atom stereocenters. The summed E-state index contributed by atoms with van der Waals surface area (Å²) in [6.07, 6.45) is 0.125. The quantitative estimate of drug-likeness (QED) is 0.303. The number of para-hydroxylation sites is 2. The summed E-state index contributed by atoms with van der Waals surface area (Å²) < 4.78 is 5.83. The zero-order valence-corrected chi connectivity index (χ0v) is 21.0. The van der Waals surface area contributed by atoms with Crippen LogP contribution in [-0.2, 0) is 14.4 Å². The van der Waals surface area contributed by atoms with Gasteiger partial charge in [0, 0.05) is 32.9 Å². The first kappa shape index (κ1) is 28.1. The van der Waals surface area contributed by atoms with E-state index in [0.29, 0.717) is 23.0 Å². The van der Waals surface area contributed by atoms with E-state index < -0.39 is 17.5 Å². The second-order valence-electron chi connectivity index (χ2n) is 7.81. The summed E-state index contributed by atoms with van der Waals surface area (Å²) in [7, 11) is 0. The molecule has 3 N–H and O–H groups in total. The molecule has 0 spiro atoms. The minimum Gasteiger partial charge on any atom is -0.487 e. The Bertz CT molecular complexity index is 991. The van der Waals surface area contributed by atoms with Crippen LogP contribution in [0.2, 0.25) is 5.02 Å². The van der Waals surface area contributed by atoms with Crippen molar-refractivity contribution in [3.05, 3.63) is 59.6 Å². The fourth-order valence-corrected chi connectivity index (χ4v) is 3.53. The van der Waals surface area contributed by atoms with Gasteiger partial charge in [0.2, 0.25) is 23.4 Å². The van der Waals surface area contributed by atoms with Crippen LogP contribution in [0.25, 0.3) is 0 Å². The van der Waals surface area contributed by atoms with Gasteiger partial charge in [-0.2, -0.15) is 0 Å². The van der Waals surface area contributed by atoms with E-state index in [1.54, 1.807) is 61.5 Å². The molecule has 0 aromatic heterocycles. The van der Waals surface area contributed by atoms with Gasteiger partial charge >= 0.3 is 0 Å². The number of nitrogens with one attached hydrogen (secondary N) is 2. The van der Waals surface area contributed by atoms with Crippen LogP contribution < -0.4 is 20.4 Å². The molecule has 0 aliphatic carbocycles. The topological polar surface area (TPSA) is 111 Å². The van der Waals surface area contributed by atoms with Crippen molar-refractivity contribution in [3.8, 4) is 5.75 Å². The Balaban J connectivity index is 2.48. The summed E-state index contributed by atoms with van der Waals surface area (Å²) >= 11 is 6.21. The number of hydrogen-bond donors (Lipinski definition) is 3. The van der Waals surface area contributed by atoms with Crippen LogP contribution in [0.4, 0.5) is 5.69 Å². The van der Waals surface area contributed by atoms with Crippen LogP contribution in [0.5, 0.6) is 5.75 Å². The van der Waals surface area contributed by atoms with E-state index in [9.17, 15) is 19.5 Å². The number of aliphatic hydroxyl groups is 1. The molecule has 0 saturated carbocycles. The van der Waals surface area contributed by atoms with Crippen molar-refractivity contribution >= 4 is 35.0 Å². The molecule has 9 nitrogen and oxygen atoms in total. The van der Waals surface area contributed by atoms with E-state index in [1.165, 1.54) is 6.92 Å². The highest BCUT2D eigenvalue weighted by Gasteiger charge is 2.44. The maximum absolute atomic E-state index is 13.5. The summed E-state index contributed by atoms with van der Waals surface area (Å²) in [5.74, 6) is -0.958. The van der Waals surface area contributed by atoms with Gasteiger partial charge in [0.25, 0.3) is 0 Å². The van der Waals surface area contributed by atoms with Crippen molar-refractivity contribution in [2.24, 2.45) is 0 Å². The fourth-order valence-electron chi connectivity index (χ4n) is 3.34. The van der Waals surface area contributed by atoms with E-state index >= 15 is 0 Å². The lowest BCUT2D eigenvalue weighted by atomic mass is 10.1. The molecule has 0 aliphatic heterocycles. The molecule has 2 aromatic rings. The third kappa shape index (κ3) is 7.95. The van der Waals surface area contributed by atoms with Crippen LogP contribution in [-0.4, -0.2) is 59.8 Å². The third-order valence-corrected chi connectivity index (χ3v) is 5.38. The molecular weight excluding hydrogens is 472 g/mol. The fraction of sp³-hybridized carbons (Fsp3) is 0.400. The Kier molecular flexibility index (Phi) is 11.0. The first-order valence-electron chi connectivity index (χ1n) is 11.5. The lowest BCUT2D eigenvalue weighted by molar-refractivity contribution is -0.172. The Morgan fingerprint density at radius 1 is 1.06 bits per heavy atom. The van der Waals surface area contributed by atoms with Crippen molar-refractivity contribution in [2.75, 3.05) is 31.3 Å². The predicted octanol–water partition coefficient (Wildman–Crippen LogP) is 2.73. The lowest BCUT2D eigenvalue weighted by Gasteiger charge is -2.45. The molecule has 0 aliphatic rings. The van der Waals surface area contributed by atoms with Gasteiger partial charge in [0.1, 0.15) is 12.4 Å². The second-order valence-corrected chi connectivity index (χ2v) is 8.21. The smallest absolute Gasteiger partial charge is 0.246 e. The molecule has 0 fully saturated rings. The highest BCUT2D eigenvalue weighted by Crippen LogP contribution is 2.28. The summed E-state index contributed by atoms with van der Waals surface area (Å²) in [5, 5.41) is 20.0. The number of carbonyl (C=O) groups excluding carboxylic acids is 3. The first-order chi connectivity index (χ1) is 16.7. The molecular formula is C25H33ClN4O5. The number of rotatable bonds is 12. The maximum Gasteiger partial charge on any atom is 0.246 e. The molecule has 2 aromatic carbocycles. The van der Waals surface area contributed by atoms with E-state index in [1.807, 2.05) is 6.92 Å². The Morgan fingerprint density at radius 3 is 2.31 bits per heavy atom. The van der Waals surface area contributed by atoms with Crippen molar-refractivity contribution in [1.82, 2.24) is 15.6 Å². The number of hydrazine groups is 1. The number of benzene rings is 2. The van der Waals surface area contributed by atoms with Gasteiger partial charge < -0.3 is 20.5 Å². The Labute approximate surface area is 211 Å². The molecule has 190 valence electrons. The van der Waals surface area contributed by atoms with Gasteiger partial charge in [-0.15, -0.1) is 0 Å². The highest BCUT2D eigenvalue weighted by molar-refractivity contribution is 6.32. The molecule has 1 atom stereocenters. The normalized spacial score (nSPS) is 12.4. The molecule has 2 rings (SSSR count). The summed E-state index contributed by atoms with van der Waals surface area (Å²) in [6, 6.07) is 15.3. The number of nitrogens with zero attached hydrogens (tertiary/aromatic N) is 2. The lowest BCUT2D eigenvalue weighted by Crippen LogP contribution is -2.67. The molecule has 10 heteroatoms. The molecule has 3 amide bonds. The summed E-state index contributed by atoms with van der Waals surface area (Å²) in [5.41, 5.74) is -1.60. The number of halogens is 1. The zero-order valence-electron chi connectivity index (χ0n) is 20.3. The van der Waals surface area contributed by atoms with E-state index in [4.69, 9.17) is 16.3 Å². The van der Waals surface area contributed by atoms with Crippen molar-refractivity contribution in [2.45, 2.75) is 39.3 Å². The number of ether oxygens (including phenoxy) is 1. The van der Waals surface area contributed by atoms with Crippen LogP contribution in [0.15, 0.2) is 54.6 Å². The molecule has 0 saturated heterocycles. The van der Waals surface area contributed by atoms with Gasteiger partial charge in [0.05, 0.1) is 10.7 Å². The molecule has 35 heavy (non-hydrogen) atoms. The second kappa shape index (κ2) is 13.7. The number of hydrogen-bond acceptors (Lipinski definition) is 6. The SMILES string of the molecule is CCNCC(O)(COc1ccccc1Cl)N(C(=O)CCNC(=O)CC)N(C(C)=O)c1ccccc1. The minimum atomic E-state index is -1.98. The molecule has 0 heterocycles. The standard InChI is InChI=1S/C25H33ClN4O5/c1-4-23(32)28-16-15-24(33)30(29(19(3)31)20-11-7-6-8-12-20)25(34,17-27-5-2)18-35-22-14-10-9-13-21(22)26/h6-14,27,34H,4-5,15-18H2,1-3H3,(H,28,32). The third-order valence-electron chi connectivity index (χ3n) is 5.07. The highest BCUT2D eigenvalue weighted by atomic mass is 35.5. The van der Waals surface area contributed by atoms with Crippen molar-refractivity contribution in [1.29, 1.82) is 0 Å². The van der Waals surface area contributed by atoms with Crippen LogP contribution in [0.1, 0.15) is 33.6 Å². The summed E-state index contributed by atoms with van der Waals surface area (Å²) in [6.45, 7) is 4.92. The minimum absolute atomic E-state index is 0.0468. The Morgan fingerprint density at radius 2 is 1.71 bits per heavy atom. The predicted molar refractivity (Wildman–Crippen MR) is 135 cm³/mol. The zero-order chi connectivity index (χ0) is 25.8. The van der Waals surface area contributed by atoms with Gasteiger partial charge in [-0.05, 0) is 30.8 Å². The van der Waals surface area contributed by atoms with E-state index in [2.05, 4.69) is 10.6 Å². The van der Waals surface area contributed by atoms with E-state index in [0.717, 1.165) is 10.0 Å². The molecule has 0 bridgehead atoms. The largest absolute Gasteiger partial charge is 0.487 e. The van der Waals surface area contributed by atoms with Gasteiger partial charge in [-0.3, -0.25) is 14.4 Å². The number of anilines is 1. The average molecular weight is 505 g/mol. The first-order valence-corrected chi connectivity index (χ1v) is 11.9. The monoisotopic (exact) mass is 504 g/mol. The number of likely N-dealkylation sites (N-methyl/N-ethyl adjacent to an activating group) is 1. The van der Waals surface area contributed by atoms with Crippen LogP contribution in [0, 0.1) is 0 Å². The van der Waals surface area contributed by atoms with Crippen molar-refractivity contribution < 1.29 is 24.2 Å². The van der Waals surface area contributed by atoms with Gasteiger partial charge in [-0.25, -0.2) is 10.0 Å². The van der Waals surface area contributed by atoms with E-state index in [-0.39, 0.29) is 38.4 Å². The summed E-state index contributed by atoms with van der Waals surface area (Å²) in [4.78, 5) is 38.0. The van der Waals surface area contributed by atoms with Gasteiger partial charge in [-0.1, -0.05) is 55.8 Å². The average Bonchev–Trinajstić information content (AvgIpc) is 2.85. The van der Waals surface area contributed by atoms with Crippen LogP contribution >= 0.6 is 11.6 Å². The molecule has 0 radical (unpaired) electrons.